The summed E-state index contributed by atoms with van der Waals surface area (Å²) in [5.74, 6) is -1.55. The maximum atomic E-state index is 12.3. The van der Waals surface area contributed by atoms with Crippen LogP contribution >= 0.6 is 0 Å². The Morgan fingerprint density at radius 3 is 2.43 bits per heavy atom. The molecule has 4 amide bonds. The number of urea groups is 1. The summed E-state index contributed by atoms with van der Waals surface area (Å²) in [5.41, 5.74) is 1.33. The van der Waals surface area contributed by atoms with E-state index in [1.54, 1.807) is 19.1 Å². The Balaban J connectivity index is 1.84. The van der Waals surface area contributed by atoms with Gasteiger partial charge in [-0.25, -0.2) is 14.4 Å². The second-order valence-electron chi connectivity index (χ2n) is 6.13. The first-order valence-corrected chi connectivity index (χ1v) is 9.26. The maximum absolute atomic E-state index is 12.3. The standard InChI is InChI=1S/C21H23N3O6/c1-3-29-21(28)23-17-11-7-10-16(12-17)19(26)30-14(2)18(25)24-20(27)22-13-15-8-5-4-6-9-15/h4-12,14H,3,13H2,1-2H3,(H,23,28)(H2,22,24,25,27). The number of imide groups is 1. The van der Waals surface area contributed by atoms with Gasteiger partial charge in [-0.15, -0.1) is 0 Å². The average Bonchev–Trinajstić information content (AvgIpc) is 2.73. The van der Waals surface area contributed by atoms with Crippen LogP contribution in [0.2, 0.25) is 0 Å². The zero-order valence-electron chi connectivity index (χ0n) is 16.6. The van der Waals surface area contributed by atoms with Crippen molar-refractivity contribution >= 4 is 29.7 Å². The number of ether oxygens (including phenoxy) is 2. The molecule has 0 aromatic heterocycles. The molecular formula is C21H23N3O6. The summed E-state index contributed by atoms with van der Waals surface area (Å²) >= 11 is 0. The first-order valence-electron chi connectivity index (χ1n) is 9.26. The molecule has 0 saturated carbocycles. The lowest BCUT2D eigenvalue weighted by atomic mass is 10.2. The topological polar surface area (TPSA) is 123 Å². The van der Waals surface area contributed by atoms with Gasteiger partial charge in [0, 0.05) is 12.2 Å². The molecule has 0 saturated heterocycles. The zero-order chi connectivity index (χ0) is 21.9. The molecule has 2 aromatic carbocycles. The molecule has 2 aromatic rings. The predicted octanol–water partition coefficient (Wildman–Crippen LogP) is 2.83. The quantitative estimate of drug-likeness (QED) is 0.600. The van der Waals surface area contributed by atoms with Crippen molar-refractivity contribution in [1.29, 1.82) is 0 Å². The molecule has 1 atom stereocenters. The molecule has 0 bridgehead atoms. The van der Waals surface area contributed by atoms with Crippen LogP contribution in [-0.4, -0.2) is 36.7 Å². The van der Waals surface area contributed by atoms with Crippen molar-refractivity contribution < 1.29 is 28.7 Å². The molecule has 0 spiro atoms. The number of nitrogens with one attached hydrogen (secondary N) is 3. The summed E-state index contributed by atoms with van der Waals surface area (Å²) < 4.78 is 9.86. The first kappa shape index (κ1) is 22.4. The molecule has 0 aliphatic carbocycles. The Labute approximate surface area is 173 Å². The highest BCUT2D eigenvalue weighted by Crippen LogP contribution is 2.13. The molecule has 0 aliphatic heterocycles. The number of esters is 1. The van der Waals surface area contributed by atoms with E-state index in [4.69, 9.17) is 9.47 Å². The number of benzene rings is 2. The number of carbonyl (C=O) groups is 4. The Kier molecular flexibility index (Phi) is 8.37. The minimum Gasteiger partial charge on any atom is -0.450 e. The highest BCUT2D eigenvalue weighted by atomic mass is 16.6. The summed E-state index contributed by atoms with van der Waals surface area (Å²) in [4.78, 5) is 47.7. The van der Waals surface area contributed by atoms with Gasteiger partial charge in [-0.3, -0.25) is 15.4 Å². The summed E-state index contributed by atoms with van der Waals surface area (Å²) in [6.45, 7) is 3.47. The number of hydrogen-bond acceptors (Lipinski definition) is 6. The Morgan fingerprint density at radius 1 is 1.00 bits per heavy atom. The summed E-state index contributed by atoms with van der Waals surface area (Å²) in [5, 5.41) is 7.13. The molecule has 0 heterocycles. The van der Waals surface area contributed by atoms with Crippen LogP contribution in [0.1, 0.15) is 29.8 Å². The van der Waals surface area contributed by atoms with Crippen LogP contribution in [0.3, 0.4) is 0 Å². The highest BCUT2D eigenvalue weighted by Gasteiger charge is 2.21. The minimum absolute atomic E-state index is 0.123. The molecule has 158 valence electrons. The number of amides is 4. The second kappa shape index (κ2) is 11.2. The predicted molar refractivity (Wildman–Crippen MR) is 109 cm³/mol. The normalized spacial score (nSPS) is 11.0. The summed E-state index contributed by atoms with van der Waals surface area (Å²) in [6, 6.07) is 14.4. The van der Waals surface area contributed by atoms with Crippen LogP contribution in [0.5, 0.6) is 0 Å². The fourth-order valence-electron chi connectivity index (χ4n) is 2.33. The van der Waals surface area contributed by atoms with Gasteiger partial charge in [-0.2, -0.15) is 0 Å². The van der Waals surface area contributed by atoms with Gasteiger partial charge >= 0.3 is 18.1 Å². The maximum Gasteiger partial charge on any atom is 0.411 e. The van der Waals surface area contributed by atoms with E-state index in [-0.39, 0.29) is 18.7 Å². The Morgan fingerprint density at radius 2 is 1.73 bits per heavy atom. The third-order valence-corrected chi connectivity index (χ3v) is 3.81. The van der Waals surface area contributed by atoms with Crippen LogP contribution in [0.4, 0.5) is 15.3 Å². The van der Waals surface area contributed by atoms with Gasteiger partial charge < -0.3 is 14.8 Å². The minimum atomic E-state index is -1.21. The van der Waals surface area contributed by atoms with Gasteiger partial charge in [-0.05, 0) is 37.6 Å². The van der Waals surface area contributed by atoms with Crippen LogP contribution in [0.15, 0.2) is 54.6 Å². The average molecular weight is 413 g/mol. The monoisotopic (exact) mass is 413 g/mol. The van der Waals surface area contributed by atoms with Crippen molar-refractivity contribution in [3.05, 3.63) is 65.7 Å². The Hall–Kier alpha value is -3.88. The van der Waals surface area contributed by atoms with Gasteiger partial charge in [-0.1, -0.05) is 36.4 Å². The van der Waals surface area contributed by atoms with E-state index >= 15 is 0 Å². The van der Waals surface area contributed by atoms with E-state index in [0.717, 1.165) is 5.56 Å². The van der Waals surface area contributed by atoms with Crippen LogP contribution in [0, 0.1) is 0 Å². The lowest BCUT2D eigenvalue weighted by Gasteiger charge is -2.14. The molecule has 0 aliphatic rings. The fourth-order valence-corrected chi connectivity index (χ4v) is 2.33. The van der Waals surface area contributed by atoms with E-state index in [1.807, 2.05) is 30.3 Å². The number of hydrogen-bond donors (Lipinski definition) is 3. The number of rotatable bonds is 7. The molecule has 1 unspecified atom stereocenters. The SMILES string of the molecule is CCOC(=O)Nc1cccc(C(=O)OC(C)C(=O)NC(=O)NCc2ccccc2)c1. The number of carbonyl (C=O) groups excluding carboxylic acids is 4. The Bertz CT molecular complexity index is 901. The molecule has 9 heteroatoms. The van der Waals surface area contributed by atoms with Gasteiger partial charge in [0.2, 0.25) is 0 Å². The third kappa shape index (κ3) is 7.27. The van der Waals surface area contributed by atoms with Crippen molar-refractivity contribution in [2.75, 3.05) is 11.9 Å². The lowest BCUT2D eigenvalue weighted by Crippen LogP contribution is -2.44. The summed E-state index contributed by atoms with van der Waals surface area (Å²) in [7, 11) is 0. The van der Waals surface area contributed by atoms with Crippen molar-refractivity contribution in [3.8, 4) is 0 Å². The van der Waals surface area contributed by atoms with Crippen LogP contribution in [0.25, 0.3) is 0 Å². The van der Waals surface area contributed by atoms with Gasteiger partial charge in [0.25, 0.3) is 5.91 Å². The van der Waals surface area contributed by atoms with E-state index < -0.39 is 30.1 Å². The van der Waals surface area contributed by atoms with Gasteiger partial charge in [0.05, 0.1) is 12.2 Å². The van der Waals surface area contributed by atoms with Gasteiger partial charge in [0.1, 0.15) is 0 Å². The first-order chi connectivity index (χ1) is 14.4. The van der Waals surface area contributed by atoms with Crippen LogP contribution in [-0.2, 0) is 20.8 Å². The zero-order valence-corrected chi connectivity index (χ0v) is 16.6. The largest absolute Gasteiger partial charge is 0.450 e. The van der Waals surface area contributed by atoms with Crippen LogP contribution < -0.4 is 16.0 Å². The highest BCUT2D eigenvalue weighted by molar-refractivity contribution is 5.99. The lowest BCUT2D eigenvalue weighted by molar-refractivity contribution is -0.127. The summed E-state index contributed by atoms with van der Waals surface area (Å²) in [6.07, 6.45) is -1.86. The molecule has 3 N–H and O–H groups in total. The molecule has 9 nitrogen and oxygen atoms in total. The van der Waals surface area contributed by atoms with E-state index in [1.165, 1.54) is 19.1 Å². The van der Waals surface area contributed by atoms with E-state index in [9.17, 15) is 19.2 Å². The molecule has 0 fully saturated rings. The molecule has 2 rings (SSSR count). The number of anilines is 1. The van der Waals surface area contributed by atoms with Gasteiger partial charge in [0.15, 0.2) is 6.10 Å². The van der Waals surface area contributed by atoms with Crippen molar-refractivity contribution in [1.82, 2.24) is 10.6 Å². The smallest absolute Gasteiger partial charge is 0.411 e. The molecule has 30 heavy (non-hydrogen) atoms. The van der Waals surface area contributed by atoms with Crippen molar-refractivity contribution in [3.63, 3.8) is 0 Å². The molecule has 0 radical (unpaired) electrons. The van der Waals surface area contributed by atoms with Crippen molar-refractivity contribution in [2.24, 2.45) is 0 Å². The second-order valence-corrected chi connectivity index (χ2v) is 6.13. The fraction of sp³-hybridized carbons (Fsp3) is 0.238. The third-order valence-electron chi connectivity index (χ3n) is 3.81. The van der Waals surface area contributed by atoms with Crippen molar-refractivity contribution in [2.45, 2.75) is 26.5 Å². The van der Waals surface area contributed by atoms with E-state index in [2.05, 4.69) is 16.0 Å². The molecular weight excluding hydrogens is 390 g/mol. The van der Waals surface area contributed by atoms with E-state index in [0.29, 0.717) is 5.69 Å².